The summed E-state index contributed by atoms with van der Waals surface area (Å²) in [6.07, 6.45) is -4.64. The number of alkyl halides is 3. The zero-order valence-electron chi connectivity index (χ0n) is 16.1. The van der Waals surface area contributed by atoms with E-state index in [2.05, 4.69) is 15.4 Å². The molecule has 2 heterocycles. The highest BCUT2D eigenvalue weighted by molar-refractivity contribution is 6.03. The van der Waals surface area contributed by atoms with Gasteiger partial charge in [0.1, 0.15) is 5.82 Å². The minimum Gasteiger partial charge on any atom is -0.306 e. The summed E-state index contributed by atoms with van der Waals surface area (Å²) in [7, 11) is 0. The largest absolute Gasteiger partial charge is 0.435 e. The van der Waals surface area contributed by atoms with Crippen molar-refractivity contribution < 1.29 is 22.4 Å². The summed E-state index contributed by atoms with van der Waals surface area (Å²) in [6.45, 7) is 5.72. The SMILES string of the molecule is CC.CCn1nc(C(F)(F)F)cc1-c1ccc(NC(=O)c2ccccc2)nc1F. The number of hydrogen-bond acceptors (Lipinski definition) is 3. The van der Waals surface area contributed by atoms with Gasteiger partial charge >= 0.3 is 6.18 Å². The van der Waals surface area contributed by atoms with Crippen LogP contribution < -0.4 is 5.32 Å². The molecule has 2 aromatic heterocycles. The van der Waals surface area contributed by atoms with E-state index in [9.17, 15) is 22.4 Å². The van der Waals surface area contributed by atoms with Gasteiger partial charge in [-0.2, -0.15) is 22.7 Å². The third-order valence-corrected chi connectivity index (χ3v) is 3.77. The first kappa shape index (κ1) is 22.1. The summed E-state index contributed by atoms with van der Waals surface area (Å²) >= 11 is 0. The zero-order chi connectivity index (χ0) is 21.6. The molecule has 154 valence electrons. The number of pyridine rings is 1. The molecule has 1 amide bonds. The maximum Gasteiger partial charge on any atom is 0.435 e. The second-order valence-corrected chi connectivity index (χ2v) is 5.58. The number of nitrogens with one attached hydrogen (secondary N) is 1. The van der Waals surface area contributed by atoms with Crippen LogP contribution in [0.1, 0.15) is 36.8 Å². The lowest BCUT2D eigenvalue weighted by Gasteiger charge is -2.08. The van der Waals surface area contributed by atoms with Gasteiger partial charge in [-0.3, -0.25) is 9.48 Å². The highest BCUT2D eigenvalue weighted by Crippen LogP contribution is 2.32. The Hall–Kier alpha value is -3.23. The van der Waals surface area contributed by atoms with Gasteiger partial charge in [-0.25, -0.2) is 4.98 Å². The summed E-state index contributed by atoms with van der Waals surface area (Å²) < 4.78 is 54.1. The summed E-state index contributed by atoms with van der Waals surface area (Å²) in [4.78, 5) is 15.7. The molecule has 0 saturated heterocycles. The van der Waals surface area contributed by atoms with Gasteiger partial charge in [0, 0.05) is 12.1 Å². The monoisotopic (exact) mass is 408 g/mol. The highest BCUT2D eigenvalue weighted by atomic mass is 19.4. The Morgan fingerprint density at radius 2 is 1.76 bits per heavy atom. The quantitative estimate of drug-likeness (QED) is 0.464. The van der Waals surface area contributed by atoms with Crippen molar-refractivity contribution in [1.29, 1.82) is 0 Å². The molecule has 9 heteroatoms. The first-order chi connectivity index (χ1) is 13.8. The number of aryl methyl sites for hydroxylation is 1. The van der Waals surface area contributed by atoms with Crippen LogP contribution in [0.2, 0.25) is 0 Å². The standard InChI is InChI=1S/C18H14F4N4O.C2H6/c1-2-26-13(10-14(25-26)18(20,21)22)12-8-9-15(23-16(12)19)24-17(27)11-6-4-3-5-7-11;1-2/h3-10H,2H2,1H3,(H,23,24,27);1-2H3. The number of aromatic nitrogens is 3. The lowest BCUT2D eigenvalue weighted by atomic mass is 10.2. The third kappa shape index (κ3) is 5.18. The van der Waals surface area contributed by atoms with Gasteiger partial charge in [0.25, 0.3) is 5.91 Å². The summed E-state index contributed by atoms with van der Waals surface area (Å²) in [5.74, 6) is -1.54. The number of halogens is 4. The molecule has 0 saturated carbocycles. The van der Waals surface area contributed by atoms with Crippen LogP contribution in [0.4, 0.5) is 23.4 Å². The number of carbonyl (C=O) groups excluding carboxylic acids is 1. The smallest absolute Gasteiger partial charge is 0.306 e. The number of rotatable bonds is 4. The van der Waals surface area contributed by atoms with Crippen molar-refractivity contribution in [3.63, 3.8) is 0 Å². The van der Waals surface area contributed by atoms with Crippen molar-refractivity contribution in [3.8, 4) is 11.3 Å². The van der Waals surface area contributed by atoms with E-state index in [-0.39, 0.29) is 23.6 Å². The molecule has 0 unspecified atom stereocenters. The predicted octanol–water partition coefficient (Wildman–Crippen LogP) is 5.40. The molecule has 0 fully saturated rings. The van der Waals surface area contributed by atoms with Crippen LogP contribution in [0.25, 0.3) is 11.3 Å². The number of nitrogens with zero attached hydrogens (tertiary/aromatic N) is 3. The van der Waals surface area contributed by atoms with E-state index in [1.807, 2.05) is 13.8 Å². The fourth-order valence-corrected chi connectivity index (χ4v) is 2.49. The Balaban J connectivity index is 0.00000145. The Kier molecular flexibility index (Phi) is 7.08. The van der Waals surface area contributed by atoms with Gasteiger partial charge in [-0.05, 0) is 37.3 Å². The molecule has 1 N–H and O–H groups in total. The first-order valence-corrected chi connectivity index (χ1v) is 8.98. The number of hydrogen-bond donors (Lipinski definition) is 1. The highest BCUT2D eigenvalue weighted by Gasteiger charge is 2.35. The van der Waals surface area contributed by atoms with Crippen LogP contribution in [0.15, 0.2) is 48.5 Å². The van der Waals surface area contributed by atoms with Gasteiger partial charge < -0.3 is 5.32 Å². The molecule has 0 spiro atoms. The number of amides is 1. The molecule has 29 heavy (non-hydrogen) atoms. The normalized spacial score (nSPS) is 10.9. The molecule has 0 aliphatic rings. The van der Waals surface area contributed by atoms with E-state index >= 15 is 0 Å². The van der Waals surface area contributed by atoms with Crippen LogP contribution in [0, 0.1) is 5.95 Å². The Bertz CT molecular complexity index is 968. The van der Waals surface area contributed by atoms with Crippen molar-refractivity contribution in [2.75, 3.05) is 5.32 Å². The van der Waals surface area contributed by atoms with Crippen molar-refractivity contribution in [1.82, 2.24) is 14.8 Å². The lowest BCUT2D eigenvalue weighted by Crippen LogP contribution is -2.13. The van der Waals surface area contributed by atoms with Crippen molar-refractivity contribution >= 4 is 11.7 Å². The second kappa shape index (κ2) is 9.31. The average Bonchev–Trinajstić information content (AvgIpc) is 3.15. The molecule has 0 bridgehead atoms. The van der Waals surface area contributed by atoms with E-state index in [1.54, 1.807) is 37.3 Å². The van der Waals surface area contributed by atoms with E-state index < -0.39 is 23.7 Å². The molecule has 5 nitrogen and oxygen atoms in total. The second-order valence-electron chi connectivity index (χ2n) is 5.58. The molecule has 1 aromatic carbocycles. The summed E-state index contributed by atoms with van der Waals surface area (Å²) in [6, 6.07) is 11.6. The fraction of sp³-hybridized carbons (Fsp3) is 0.250. The topological polar surface area (TPSA) is 59.8 Å². The predicted molar refractivity (Wildman–Crippen MR) is 102 cm³/mol. The Morgan fingerprint density at radius 1 is 1.10 bits per heavy atom. The Labute approximate surface area is 165 Å². The molecule has 0 radical (unpaired) electrons. The maximum atomic E-state index is 14.4. The number of benzene rings is 1. The molecule has 0 aliphatic heterocycles. The van der Waals surface area contributed by atoms with Crippen LogP contribution in [-0.2, 0) is 12.7 Å². The molecule has 3 rings (SSSR count). The van der Waals surface area contributed by atoms with Gasteiger partial charge in [-0.15, -0.1) is 0 Å². The van der Waals surface area contributed by atoms with Gasteiger partial charge in [-0.1, -0.05) is 32.0 Å². The molecular weight excluding hydrogens is 388 g/mol. The van der Waals surface area contributed by atoms with E-state index in [1.165, 1.54) is 12.1 Å². The number of carbonyl (C=O) groups is 1. The average molecular weight is 408 g/mol. The molecular formula is C20H20F4N4O. The van der Waals surface area contributed by atoms with E-state index in [0.717, 1.165) is 10.7 Å². The molecule has 0 aliphatic carbocycles. The summed E-state index contributed by atoms with van der Waals surface area (Å²) in [5, 5.41) is 5.90. The third-order valence-electron chi connectivity index (χ3n) is 3.77. The lowest BCUT2D eigenvalue weighted by molar-refractivity contribution is -0.141. The minimum absolute atomic E-state index is 0.0456. The van der Waals surface area contributed by atoms with Crippen LogP contribution >= 0.6 is 0 Å². The Morgan fingerprint density at radius 3 is 2.31 bits per heavy atom. The minimum atomic E-state index is -4.64. The molecule has 0 atom stereocenters. The van der Waals surface area contributed by atoms with Crippen LogP contribution in [0.5, 0.6) is 0 Å². The van der Waals surface area contributed by atoms with Crippen LogP contribution in [0.3, 0.4) is 0 Å². The van der Waals surface area contributed by atoms with Gasteiger partial charge in [0.2, 0.25) is 5.95 Å². The van der Waals surface area contributed by atoms with Gasteiger partial charge in [0.05, 0.1) is 11.3 Å². The van der Waals surface area contributed by atoms with Crippen molar-refractivity contribution in [3.05, 3.63) is 65.7 Å². The van der Waals surface area contributed by atoms with E-state index in [4.69, 9.17) is 0 Å². The molecule has 3 aromatic rings. The summed E-state index contributed by atoms with van der Waals surface area (Å²) in [5.41, 5.74) is -0.934. The van der Waals surface area contributed by atoms with E-state index in [0.29, 0.717) is 5.56 Å². The zero-order valence-corrected chi connectivity index (χ0v) is 16.1. The number of anilines is 1. The van der Waals surface area contributed by atoms with Gasteiger partial charge in [0.15, 0.2) is 5.69 Å². The maximum absolute atomic E-state index is 14.4. The first-order valence-electron chi connectivity index (χ1n) is 8.98. The fourth-order valence-electron chi connectivity index (χ4n) is 2.49. The van der Waals surface area contributed by atoms with Crippen LogP contribution in [-0.4, -0.2) is 20.7 Å². The van der Waals surface area contributed by atoms with Crippen molar-refractivity contribution in [2.45, 2.75) is 33.5 Å². The van der Waals surface area contributed by atoms with Crippen molar-refractivity contribution in [2.24, 2.45) is 0 Å².